The summed E-state index contributed by atoms with van der Waals surface area (Å²) in [7, 11) is 0. The zero-order valence-electron chi connectivity index (χ0n) is 10.4. The molecule has 18 heavy (non-hydrogen) atoms. The van der Waals surface area contributed by atoms with Gasteiger partial charge in [0.2, 0.25) is 0 Å². The van der Waals surface area contributed by atoms with Crippen LogP contribution in [0, 0.1) is 5.41 Å². The van der Waals surface area contributed by atoms with Crippen molar-refractivity contribution < 1.29 is 0 Å². The van der Waals surface area contributed by atoms with Crippen molar-refractivity contribution in [1.82, 2.24) is 5.32 Å². The Labute approximate surface area is 121 Å². The lowest BCUT2D eigenvalue weighted by Crippen LogP contribution is -2.26. The van der Waals surface area contributed by atoms with Crippen LogP contribution in [-0.2, 0) is 0 Å². The second kappa shape index (κ2) is 4.64. The van der Waals surface area contributed by atoms with Crippen LogP contribution in [0.4, 0.5) is 0 Å². The number of hydrogen-bond acceptors (Lipinski definition) is 3. The van der Waals surface area contributed by atoms with E-state index >= 15 is 0 Å². The van der Waals surface area contributed by atoms with Crippen molar-refractivity contribution in [1.29, 1.82) is 0 Å². The molecule has 2 atom stereocenters. The van der Waals surface area contributed by atoms with Crippen molar-refractivity contribution in [3.8, 4) is 0 Å². The molecule has 0 spiro atoms. The number of nitrogens with one attached hydrogen (secondary N) is 1. The molecule has 4 heteroatoms. The highest BCUT2D eigenvalue weighted by atomic mass is 35.5. The third kappa shape index (κ3) is 2.50. The van der Waals surface area contributed by atoms with Crippen LogP contribution in [0.3, 0.4) is 0 Å². The van der Waals surface area contributed by atoms with E-state index in [1.165, 1.54) is 16.2 Å². The molecular formula is C14H16ClNS2. The summed E-state index contributed by atoms with van der Waals surface area (Å²) in [5.74, 6) is 0. The largest absolute Gasteiger partial charge is 0.302 e. The molecule has 1 nitrogen and oxygen atoms in total. The molecule has 1 saturated carbocycles. The minimum Gasteiger partial charge on any atom is -0.302 e. The lowest BCUT2D eigenvalue weighted by Gasteiger charge is -2.17. The first-order valence-electron chi connectivity index (χ1n) is 6.11. The molecule has 1 aliphatic carbocycles. The molecule has 3 rings (SSSR count). The van der Waals surface area contributed by atoms with Crippen molar-refractivity contribution in [3.05, 3.63) is 43.7 Å². The van der Waals surface area contributed by atoms with Gasteiger partial charge in [-0.25, -0.2) is 0 Å². The van der Waals surface area contributed by atoms with Gasteiger partial charge in [0.05, 0.1) is 10.4 Å². The third-order valence-corrected chi connectivity index (χ3v) is 5.82. The van der Waals surface area contributed by atoms with Gasteiger partial charge in [-0.2, -0.15) is 0 Å². The quantitative estimate of drug-likeness (QED) is 0.843. The fourth-order valence-electron chi connectivity index (χ4n) is 2.20. The van der Waals surface area contributed by atoms with E-state index in [0.717, 1.165) is 4.34 Å². The maximum atomic E-state index is 6.07. The molecule has 0 bridgehead atoms. The van der Waals surface area contributed by atoms with E-state index < -0.39 is 0 Å². The Morgan fingerprint density at radius 2 is 2.11 bits per heavy atom. The second-order valence-corrected chi connectivity index (χ2v) is 8.23. The molecule has 1 fully saturated rings. The molecule has 0 amide bonds. The van der Waals surface area contributed by atoms with Crippen LogP contribution in [0.2, 0.25) is 4.34 Å². The van der Waals surface area contributed by atoms with E-state index in [1.807, 2.05) is 6.07 Å². The van der Waals surface area contributed by atoms with Crippen molar-refractivity contribution in [3.63, 3.8) is 0 Å². The highest BCUT2D eigenvalue weighted by Gasteiger charge is 2.46. The van der Waals surface area contributed by atoms with Gasteiger partial charge in [-0.15, -0.1) is 22.7 Å². The van der Waals surface area contributed by atoms with Crippen molar-refractivity contribution >= 4 is 34.3 Å². The summed E-state index contributed by atoms with van der Waals surface area (Å²) in [5.41, 5.74) is 0.441. The normalized spacial score (nSPS) is 22.9. The molecule has 2 heterocycles. The van der Waals surface area contributed by atoms with E-state index in [-0.39, 0.29) is 0 Å². The molecule has 0 radical (unpaired) electrons. The summed E-state index contributed by atoms with van der Waals surface area (Å²) in [5, 5.41) is 5.91. The van der Waals surface area contributed by atoms with Gasteiger partial charge >= 0.3 is 0 Å². The van der Waals surface area contributed by atoms with Crippen LogP contribution in [0.15, 0.2) is 29.6 Å². The molecule has 2 aromatic rings. The minimum absolute atomic E-state index is 0.300. The summed E-state index contributed by atoms with van der Waals surface area (Å²) in [4.78, 5) is 2.68. The van der Waals surface area contributed by atoms with E-state index in [4.69, 9.17) is 11.6 Å². The average molecular weight is 298 g/mol. The molecule has 0 saturated heterocycles. The minimum atomic E-state index is 0.300. The first kappa shape index (κ1) is 12.7. The summed E-state index contributed by atoms with van der Waals surface area (Å²) >= 11 is 9.55. The second-order valence-electron chi connectivity index (χ2n) is 5.50. The Hall–Kier alpha value is -0.350. The zero-order chi connectivity index (χ0) is 12.8. The predicted octanol–water partition coefficient (Wildman–Crippen LogP) is 4.94. The molecular weight excluding hydrogens is 282 g/mol. The summed E-state index contributed by atoms with van der Waals surface area (Å²) in [6.07, 6.45) is 1.26. The van der Waals surface area contributed by atoms with Crippen LogP contribution in [0.25, 0.3) is 0 Å². The first-order valence-corrected chi connectivity index (χ1v) is 8.18. The Kier molecular flexibility index (Phi) is 3.27. The van der Waals surface area contributed by atoms with Gasteiger partial charge in [0.15, 0.2) is 0 Å². The summed E-state index contributed by atoms with van der Waals surface area (Å²) < 4.78 is 0.864. The van der Waals surface area contributed by atoms with E-state index in [2.05, 4.69) is 42.7 Å². The third-order valence-electron chi connectivity index (χ3n) is 3.59. The fraction of sp³-hybridized carbons (Fsp3) is 0.429. The number of thiophene rings is 2. The van der Waals surface area contributed by atoms with Gasteiger partial charge in [0.25, 0.3) is 0 Å². The van der Waals surface area contributed by atoms with E-state index in [0.29, 0.717) is 17.5 Å². The molecule has 1 aliphatic rings. The maximum absolute atomic E-state index is 6.07. The van der Waals surface area contributed by atoms with Gasteiger partial charge in [-0.1, -0.05) is 31.5 Å². The lowest BCUT2D eigenvalue weighted by molar-refractivity contribution is 0.514. The van der Waals surface area contributed by atoms with E-state index in [1.54, 1.807) is 22.7 Å². The first-order chi connectivity index (χ1) is 8.56. The van der Waals surface area contributed by atoms with Crippen LogP contribution in [-0.4, -0.2) is 6.04 Å². The van der Waals surface area contributed by atoms with Crippen LogP contribution < -0.4 is 5.32 Å². The summed E-state index contributed by atoms with van der Waals surface area (Å²) in [6, 6.07) is 9.36. The Morgan fingerprint density at radius 1 is 1.33 bits per heavy atom. The van der Waals surface area contributed by atoms with Crippen molar-refractivity contribution in [2.75, 3.05) is 0 Å². The maximum Gasteiger partial charge on any atom is 0.0931 e. The van der Waals surface area contributed by atoms with Crippen LogP contribution >= 0.6 is 34.3 Å². The molecule has 2 unspecified atom stereocenters. The van der Waals surface area contributed by atoms with Gasteiger partial charge in [0, 0.05) is 15.8 Å². The molecule has 0 aliphatic heterocycles. The van der Waals surface area contributed by atoms with Gasteiger partial charge in [-0.3, -0.25) is 0 Å². The molecule has 96 valence electrons. The van der Waals surface area contributed by atoms with Crippen molar-refractivity contribution in [2.45, 2.75) is 32.4 Å². The average Bonchev–Trinajstić information content (AvgIpc) is 2.81. The Morgan fingerprint density at radius 3 is 2.61 bits per heavy atom. The Bertz CT molecular complexity index is 530. The van der Waals surface area contributed by atoms with Gasteiger partial charge < -0.3 is 5.32 Å². The monoisotopic (exact) mass is 297 g/mol. The van der Waals surface area contributed by atoms with E-state index in [9.17, 15) is 0 Å². The van der Waals surface area contributed by atoms with Crippen LogP contribution in [0.1, 0.15) is 36.1 Å². The standard InChI is InChI=1S/C14H16ClNS2/c1-14(2)8-11(14)16-13(9-4-3-7-17-9)10-5-6-12(15)18-10/h3-7,11,13,16H,8H2,1-2H3. The highest BCUT2D eigenvalue weighted by molar-refractivity contribution is 7.16. The lowest BCUT2D eigenvalue weighted by atomic mass is 10.1. The molecule has 2 aromatic heterocycles. The van der Waals surface area contributed by atoms with Crippen LogP contribution in [0.5, 0.6) is 0 Å². The Balaban J connectivity index is 1.85. The molecule has 1 N–H and O–H groups in total. The number of hydrogen-bond donors (Lipinski definition) is 1. The topological polar surface area (TPSA) is 12.0 Å². The van der Waals surface area contributed by atoms with Gasteiger partial charge in [0.1, 0.15) is 0 Å². The fourth-order valence-corrected chi connectivity index (χ4v) is 4.21. The SMILES string of the molecule is CC1(C)CC1NC(c1cccs1)c1ccc(Cl)s1. The zero-order valence-corrected chi connectivity index (χ0v) is 12.8. The highest BCUT2D eigenvalue weighted by Crippen LogP contribution is 2.47. The molecule has 0 aromatic carbocycles. The number of halogens is 1. The number of rotatable bonds is 4. The summed E-state index contributed by atoms with van der Waals surface area (Å²) in [6.45, 7) is 4.63. The van der Waals surface area contributed by atoms with Gasteiger partial charge in [-0.05, 0) is 35.4 Å². The predicted molar refractivity (Wildman–Crippen MR) is 80.8 cm³/mol. The smallest absolute Gasteiger partial charge is 0.0931 e. The van der Waals surface area contributed by atoms with Crippen molar-refractivity contribution in [2.24, 2.45) is 5.41 Å².